The van der Waals surface area contributed by atoms with Gasteiger partial charge in [-0.3, -0.25) is 4.99 Å². The van der Waals surface area contributed by atoms with E-state index in [4.69, 9.17) is 0 Å². The number of nitrogens with one attached hydrogen (secondary N) is 2. The highest BCUT2D eigenvalue weighted by molar-refractivity contribution is 7.90. The van der Waals surface area contributed by atoms with E-state index in [1.54, 1.807) is 0 Å². The van der Waals surface area contributed by atoms with Crippen molar-refractivity contribution < 1.29 is 8.42 Å². The molecule has 0 saturated heterocycles. The molecule has 0 amide bonds. The van der Waals surface area contributed by atoms with Gasteiger partial charge in [-0.1, -0.05) is 32.1 Å². The maximum absolute atomic E-state index is 11.3. The Bertz CT molecular complexity index is 498. The average molecular weight is 344 g/mol. The van der Waals surface area contributed by atoms with Crippen LogP contribution in [0.15, 0.2) is 4.99 Å². The molecule has 0 bridgehead atoms. The van der Waals surface area contributed by atoms with Gasteiger partial charge in [0, 0.05) is 24.9 Å². The number of rotatable bonds is 7. The van der Waals surface area contributed by atoms with Gasteiger partial charge in [0.1, 0.15) is 9.84 Å². The molecular weight excluding hydrogens is 310 g/mol. The number of guanidine groups is 1. The zero-order valence-electron chi connectivity index (χ0n) is 14.8. The fourth-order valence-electron chi connectivity index (χ4n) is 3.63. The predicted octanol–water partition coefficient (Wildman–Crippen LogP) is 2.33. The molecule has 0 heterocycles. The third-order valence-corrected chi connectivity index (χ3v) is 6.02. The second kappa shape index (κ2) is 8.36. The first kappa shape index (κ1) is 18.6. The maximum Gasteiger partial charge on any atom is 0.191 e. The molecule has 5 nitrogen and oxygen atoms in total. The summed E-state index contributed by atoms with van der Waals surface area (Å²) in [5, 5.41) is 6.92. The Kier molecular flexibility index (Phi) is 6.74. The van der Waals surface area contributed by atoms with Crippen LogP contribution in [0.3, 0.4) is 0 Å². The Morgan fingerprint density at radius 2 is 1.96 bits per heavy atom. The molecule has 0 spiro atoms. The van der Waals surface area contributed by atoms with Crippen molar-refractivity contribution in [1.82, 2.24) is 10.6 Å². The van der Waals surface area contributed by atoms with Crippen LogP contribution in [0.1, 0.15) is 58.8 Å². The summed E-state index contributed by atoms with van der Waals surface area (Å²) in [6, 6.07) is 0.660. The molecule has 2 N–H and O–H groups in total. The molecule has 3 atom stereocenters. The van der Waals surface area contributed by atoms with Gasteiger partial charge in [0.15, 0.2) is 5.96 Å². The van der Waals surface area contributed by atoms with Gasteiger partial charge in [0.05, 0.1) is 5.75 Å². The van der Waals surface area contributed by atoms with Crippen LogP contribution >= 0.6 is 0 Å². The summed E-state index contributed by atoms with van der Waals surface area (Å²) in [6.45, 7) is 4.77. The molecule has 0 aliphatic heterocycles. The zero-order chi connectivity index (χ0) is 16.9. The normalized spacial score (nSPS) is 27.5. The lowest BCUT2D eigenvalue weighted by molar-refractivity contribution is 0.315. The Hall–Kier alpha value is -0.780. The van der Waals surface area contributed by atoms with E-state index in [0.717, 1.165) is 24.3 Å². The molecular formula is C17H33N3O2S. The minimum absolute atomic E-state index is 0.106. The lowest BCUT2D eigenvalue weighted by Gasteiger charge is -2.22. The summed E-state index contributed by atoms with van der Waals surface area (Å²) >= 11 is 0. The second-order valence-electron chi connectivity index (χ2n) is 7.34. The van der Waals surface area contributed by atoms with Gasteiger partial charge >= 0.3 is 0 Å². The van der Waals surface area contributed by atoms with Crippen LogP contribution in [0.25, 0.3) is 0 Å². The summed E-state index contributed by atoms with van der Waals surface area (Å²) in [5.74, 6) is 2.77. The van der Waals surface area contributed by atoms with Crippen LogP contribution in [0.5, 0.6) is 0 Å². The first-order valence-corrected chi connectivity index (χ1v) is 11.2. The smallest absolute Gasteiger partial charge is 0.191 e. The average Bonchev–Trinajstić information content (AvgIpc) is 3.25. The second-order valence-corrected chi connectivity index (χ2v) is 9.60. The Balaban J connectivity index is 1.77. The van der Waals surface area contributed by atoms with E-state index in [-0.39, 0.29) is 11.8 Å². The topological polar surface area (TPSA) is 70.6 Å². The molecule has 3 unspecified atom stereocenters. The van der Waals surface area contributed by atoms with E-state index in [1.807, 2.05) is 13.8 Å². The molecule has 134 valence electrons. The zero-order valence-corrected chi connectivity index (χ0v) is 15.7. The van der Waals surface area contributed by atoms with E-state index >= 15 is 0 Å². The van der Waals surface area contributed by atoms with Crippen LogP contribution in [0, 0.1) is 11.8 Å². The molecule has 0 aromatic heterocycles. The number of hydrogen-bond donors (Lipinski definition) is 2. The Morgan fingerprint density at radius 1 is 1.26 bits per heavy atom. The molecule has 0 aromatic rings. The molecule has 0 aromatic carbocycles. The summed E-state index contributed by atoms with van der Waals surface area (Å²) in [6.07, 6.45) is 10.1. The summed E-state index contributed by atoms with van der Waals surface area (Å²) < 4.78 is 22.6. The van der Waals surface area contributed by atoms with Gasteiger partial charge in [-0.15, -0.1) is 0 Å². The molecule has 2 aliphatic rings. The Labute approximate surface area is 141 Å². The van der Waals surface area contributed by atoms with Crippen LogP contribution < -0.4 is 10.6 Å². The first-order valence-electron chi connectivity index (χ1n) is 9.14. The number of nitrogens with zero attached hydrogens (tertiary/aromatic N) is 1. The fraction of sp³-hybridized carbons (Fsp3) is 0.941. The van der Waals surface area contributed by atoms with Crippen LogP contribution in [-0.2, 0) is 9.84 Å². The van der Waals surface area contributed by atoms with Gasteiger partial charge in [-0.25, -0.2) is 8.42 Å². The lowest BCUT2D eigenvalue weighted by atomic mass is 9.85. The fourth-order valence-corrected chi connectivity index (χ4v) is 4.41. The molecule has 2 aliphatic carbocycles. The van der Waals surface area contributed by atoms with Crippen molar-refractivity contribution in [2.75, 3.05) is 18.6 Å². The molecule has 23 heavy (non-hydrogen) atoms. The van der Waals surface area contributed by atoms with E-state index in [9.17, 15) is 8.42 Å². The molecule has 2 saturated carbocycles. The quantitative estimate of drug-likeness (QED) is 0.550. The lowest BCUT2D eigenvalue weighted by Crippen LogP contribution is -2.44. The van der Waals surface area contributed by atoms with E-state index in [1.165, 1.54) is 44.8 Å². The molecule has 6 heteroatoms. The van der Waals surface area contributed by atoms with Crippen molar-refractivity contribution in [2.45, 2.75) is 70.9 Å². The number of aliphatic imine (C=N–C) groups is 1. The van der Waals surface area contributed by atoms with Crippen LogP contribution in [-0.4, -0.2) is 45.0 Å². The minimum atomic E-state index is -2.90. The van der Waals surface area contributed by atoms with Crippen LogP contribution in [0.2, 0.25) is 0 Å². The number of sulfone groups is 1. The van der Waals surface area contributed by atoms with E-state index < -0.39 is 9.84 Å². The van der Waals surface area contributed by atoms with Crippen LogP contribution in [0.4, 0.5) is 0 Å². The summed E-state index contributed by atoms with van der Waals surface area (Å²) in [7, 11) is -2.90. The third kappa shape index (κ3) is 6.69. The minimum Gasteiger partial charge on any atom is -0.354 e. The maximum atomic E-state index is 11.3. The van der Waals surface area contributed by atoms with Gasteiger partial charge in [-0.2, -0.15) is 0 Å². The van der Waals surface area contributed by atoms with Crippen molar-refractivity contribution in [3.8, 4) is 0 Å². The molecule has 0 radical (unpaired) electrons. The van der Waals surface area contributed by atoms with Crippen molar-refractivity contribution in [3.63, 3.8) is 0 Å². The largest absolute Gasteiger partial charge is 0.354 e. The van der Waals surface area contributed by atoms with Crippen molar-refractivity contribution in [3.05, 3.63) is 0 Å². The van der Waals surface area contributed by atoms with E-state index in [2.05, 4.69) is 15.6 Å². The standard InChI is InChI=1S/C17H33N3O2S/c1-4-18-17(19-13(2)10-11-23(3,21)22)20-16-12-15(16)14-8-6-5-7-9-14/h13-16H,4-12H2,1-3H3,(H2,18,19,20). The van der Waals surface area contributed by atoms with Gasteiger partial charge in [-0.05, 0) is 38.5 Å². The van der Waals surface area contributed by atoms with Gasteiger partial charge in [0.25, 0.3) is 0 Å². The highest BCUT2D eigenvalue weighted by atomic mass is 32.2. The highest BCUT2D eigenvalue weighted by Crippen LogP contribution is 2.44. The predicted molar refractivity (Wildman–Crippen MR) is 96.5 cm³/mol. The number of hydrogen-bond acceptors (Lipinski definition) is 3. The third-order valence-electron chi connectivity index (χ3n) is 5.04. The monoisotopic (exact) mass is 343 g/mol. The Morgan fingerprint density at radius 3 is 2.57 bits per heavy atom. The molecule has 2 rings (SSSR count). The van der Waals surface area contributed by atoms with Gasteiger partial charge < -0.3 is 10.6 Å². The summed E-state index contributed by atoms with van der Waals surface area (Å²) in [4.78, 5) is 4.51. The highest BCUT2D eigenvalue weighted by Gasteiger charge is 2.43. The first-order chi connectivity index (χ1) is 10.9. The van der Waals surface area contributed by atoms with E-state index in [0.29, 0.717) is 12.5 Å². The SMILES string of the molecule is CCN=C(NC(C)CCS(C)(=O)=O)NC1CC1C1CCCCC1. The summed E-state index contributed by atoms with van der Waals surface area (Å²) in [5.41, 5.74) is 0. The molecule has 2 fully saturated rings. The van der Waals surface area contributed by atoms with Crippen molar-refractivity contribution >= 4 is 15.8 Å². The van der Waals surface area contributed by atoms with Crippen molar-refractivity contribution in [1.29, 1.82) is 0 Å². The van der Waals surface area contributed by atoms with Crippen molar-refractivity contribution in [2.24, 2.45) is 16.8 Å². The van der Waals surface area contributed by atoms with Gasteiger partial charge in [0.2, 0.25) is 0 Å².